The quantitative estimate of drug-likeness (QED) is 0.831. The van der Waals surface area contributed by atoms with E-state index in [1.54, 1.807) is 18.2 Å². The second-order valence-electron chi connectivity index (χ2n) is 3.34. The van der Waals surface area contributed by atoms with Crippen LogP contribution >= 0.6 is 11.6 Å². The highest BCUT2D eigenvalue weighted by atomic mass is 35.5. The van der Waals surface area contributed by atoms with Crippen LogP contribution in [0.2, 0.25) is 5.02 Å². The molecular weight excluding hydrogens is 213 g/mol. The molecule has 1 aromatic rings. The molecule has 1 N–H and O–H groups in total. The molecule has 3 heteroatoms. The van der Waals surface area contributed by atoms with Gasteiger partial charge in [0.05, 0.1) is 5.02 Å². The van der Waals surface area contributed by atoms with E-state index in [9.17, 15) is 4.39 Å². The van der Waals surface area contributed by atoms with Gasteiger partial charge in [0.25, 0.3) is 0 Å². The second-order valence-corrected chi connectivity index (χ2v) is 3.75. The predicted molar refractivity (Wildman–Crippen MR) is 63.6 cm³/mol. The normalized spacial score (nSPS) is 13.3. The maximum absolute atomic E-state index is 13.3. The van der Waals surface area contributed by atoms with Crippen molar-refractivity contribution in [3.63, 3.8) is 0 Å². The monoisotopic (exact) mass is 227 g/mol. The zero-order valence-electron chi connectivity index (χ0n) is 8.93. The van der Waals surface area contributed by atoms with Crippen LogP contribution < -0.4 is 5.32 Å². The lowest BCUT2D eigenvalue weighted by molar-refractivity contribution is 0.624. The fourth-order valence-corrected chi connectivity index (χ4v) is 1.53. The Balaban J connectivity index is 2.80. The largest absolute Gasteiger partial charge is 0.311 e. The first-order valence-electron chi connectivity index (χ1n) is 5.00. The van der Waals surface area contributed by atoms with Crippen molar-refractivity contribution in [2.75, 3.05) is 6.54 Å². The molecule has 0 spiro atoms. The predicted octanol–water partition coefficient (Wildman–Crippen LogP) is 3.49. The Morgan fingerprint density at radius 3 is 2.87 bits per heavy atom. The van der Waals surface area contributed by atoms with Crippen molar-refractivity contribution in [1.29, 1.82) is 0 Å². The van der Waals surface area contributed by atoms with E-state index < -0.39 is 0 Å². The van der Waals surface area contributed by atoms with Gasteiger partial charge in [0, 0.05) is 11.6 Å². The van der Waals surface area contributed by atoms with E-state index in [1.807, 2.05) is 19.9 Å². The van der Waals surface area contributed by atoms with Gasteiger partial charge >= 0.3 is 0 Å². The molecule has 0 saturated carbocycles. The molecule has 0 heterocycles. The lowest BCUT2D eigenvalue weighted by atomic mass is 10.1. The van der Waals surface area contributed by atoms with Crippen molar-refractivity contribution in [3.8, 4) is 0 Å². The average Bonchev–Trinajstić information content (AvgIpc) is 2.17. The van der Waals surface area contributed by atoms with Gasteiger partial charge in [-0.15, -0.1) is 0 Å². The molecule has 1 atom stereocenters. The highest BCUT2D eigenvalue weighted by Crippen LogP contribution is 2.20. The van der Waals surface area contributed by atoms with E-state index >= 15 is 0 Å². The fraction of sp³-hybridized carbons (Fsp3) is 0.333. The van der Waals surface area contributed by atoms with Crippen molar-refractivity contribution in [2.24, 2.45) is 0 Å². The number of hydrogen-bond donors (Lipinski definition) is 1. The minimum Gasteiger partial charge on any atom is -0.311 e. The summed E-state index contributed by atoms with van der Waals surface area (Å²) < 4.78 is 13.3. The number of rotatable bonds is 4. The molecule has 0 radical (unpaired) electrons. The summed E-state index contributed by atoms with van der Waals surface area (Å²) in [5.41, 5.74) is 0.448. The first kappa shape index (κ1) is 12.2. The van der Waals surface area contributed by atoms with Crippen molar-refractivity contribution in [1.82, 2.24) is 5.32 Å². The van der Waals surface area contributed by atoms with Crippen molar-refractivity contribution >= 4 is 17.7 Å². The maximum Gasteiger partial charge on any atom is 0.131 e. The summed E-state index contributed by atoms with van der Waals surface area (Å²) in [5, 5.41) is 3.64. The Bertz CT molecular complexity index is 329. The minimum atomic E-state index is -0.289. The summed E-state index contributed by atoms with van der Waals surface area (Å²) >= 11 is 5.88. The molecule has 0 aliphatic rings. The summed E-state index contributed by atoms with van der Waals surface area (Å²) in [4.78, 5) is 0. The van der Waals surface area contributed by atoms with Crippen LogP contribution in [-0.4, -0.2) is 12.6 Å². The zero-order chi connectivity index (χ0) is 11.3. The van der Waals surface area contributed by atoms with Crippen LogP contribution in [0.15, 0.2) is 24.3 Å². The lowest BCUT2D eigenvalue weighted by Crippen LogP contribution is -2.22. The first-order valence-corrected chi connectivity index (χ1v) is 5.38. The third-order valence-corrected chi connectivity index (χ3v) is 2.41. The average molecular weight is 228 g/mol. The summed E-state index contributed by atoms with van der Waals surface area (Å²) in [5.74, 6) is -0.289. The summed E-state index contributed by atoms with van der Waals surface area (Å²) in [6, 6.07) is 4.90. The van der Waals surface area contributed by atoms with Crippen LogP contribution in [-0.2, 0) is 0 Å². The molecule has 82 valence electrons. The molecular formula is C12H15ClFN. The minimum absolute atomic E-state index is 0.214. The van der Waals surface area contributed by atoms with E-state index in [-0.39, 0.29) is 11.9 Å². The van der Waals surface area contributed by atoms with Crippen LogP contribution in [0.4, 0.5) is 4.39 Å². The van der Waals surface area contributed by atoms with Crippen LogP contribution in [0.1, 0.15) is 19.4 Å². The van der Waals surface area contributed by atoms with Crippen LogP contribution in [0.3, 0.4) is 0 Å². The van der Waals surface area contributed by atoms with Gasteiger partial charge in [0.2, 0.25) is 0 Å². The summed E-state index contributed by atoms with van der Waals surface area (Å²) in [6.07, 6.45) is 3.61. The number of likely N-dealkylation sites (N-methyl/N-ethyl adjacent to an activating group) is 1. The summed E-state index contributed by atoms with van der Waals surface area (Å²) in [6.45, 7) is 4.92. The molecule has 0 aliphatic heterocycles. The van der Waals surface area contributed by atoms with E-state index in [0.717, 1.165) is 6.54 Å². The van der Waals surface area contributed by atoms with Gasteiger partial charge in [-0.25, -0.2) is 4.39 Å². The molecule has 1 aromatic carbocycles. The van der Waals surface area contributed by atoms with E-state index in [4.69, 9.17) is 11.6 Å². The van der Waals surface area contributed by atoms with Gasteiger partial charge in [0.15, 0.2) is 0 Å². The number of benzene rings is 1. The van der Waals surface area contributed by atoms with Gasteiger partial charge in [-0.2, -0.15) is 0 Å². The third kappa shape index (κ3) is 3.65. The SMILES string of the molecule is CCNC(C)/C=C/c1c(F)cccc1Cl. The van der Waals surface area contributed by atoms with Crippen LogP contribution in [0, 0.1) is 5.82 Å². The lowest BCUT2D eigenvalue weighted by Gasteiger charge is -2.06. The molecule has 0 aliphatic carbocycles. The molecule has 0 bridgehead atoms. The van der Waals surface area contributed by atoms with E-state index in [1.165, 1.54) is 6.07 Å². The molecule has 0 saturated heterocycles. The Morgan fingerprint density at radius 2 is 2.27 bits per heavy atom. The van der Waals surface area contributed by atoms with E-state index in [0.29, 0.717) is 10.6 Å². The molecule has 1 rings (SSSR count). The van der Waals surface area contributed by atoms with Crippen molar-refractivity contribution < 1.29 is 4.39 Å². The fourth-order valence-electron chi connectivity index (χ4n) is 1.30. The zero-order valence-corrected chi connectivity index (χ0v) is 9.68. The third-order valence-electron chi connectivity index (χ3n) is 2.08. The van der Waals surface area contributed by atoms with Crippen LogP contribution in [0.5, 0.6) is 0 Å². The molecule has 1 nitrogen and oxygen atoms in total. The Hall–Kier alpha value is -0.860. The van der Waals surface area contributed by atoms with Gasteiger partial charge in [-0.3, -0.25) is 0 Å². The molecule has 0 fully saturated rings. The molecule has 0 amide bonds. The topological polar surface area (TPSA) is 12.0 Å². The number of hydrogen-bond acceptors (Lipinski definition) is 1. The van der Waals surface area contributed by atoms with Gasteiger partial charge in [0.1, 0.15) is 5.82 Å². The number of halogens is 2. The van der Waals surface area contributed by atoms with E-state index in [2.05, 4.69) is 5.32 Å². The van der Waals surface area contributed by atoms with Gasteiger partial charge in [-0.1, -0.05) is 36.7 Å². The van der Waals surface area contributed by atoms with Gasteiger partial charge < -0.3 is 5.32 Å². The Labute approximate surface area is 95.0 Å². The summed E-state index contributed by atoms with van der Waals surface area (Å²) in [7, 11) is 0. The van der Waals surface area contributed by atoms with Crippen molar-refractivity contribution in [3.05, 3.63) is 40.7 Å². The van der Waals surface area contributed by atoms with Gasteiger partial charge in [-0.05, 0) is 25.6 Å². The highest BCUT2D eigenvalue weighted by molar-refractivity contribution is 6.32. The van der Waals surface area contributed by atoms with Crippen LogP contribution in [0.25, 0.3) is 6.08 Å². The molecule has 1 unspecified atom stereocenters. The smallest absolute Gasteiger partial charge is 0.131 e. The maximum atomic E-state index is 13.3. The first-order chi connectivity index (χ1) is 7.15. The van der Waals surface area contributed by atoms with Crippen molar-refractivity contribution in [2.45, 2.75) is 19.9 Å². The Morgan fingerprint density at radius 1 is 1.53 bits per heavy atom. The molecule has 0 aromatic heterocycles. The Kier molecular flexibility index (Phi) is 4.79. The molecule has 15 heavy (non-hydrogen) atoms. The second kappa shape index (κ2) is 5.89. The number of nitrogens with one attached hydrogen (secondary N) is 1. The standard InChI is InChI=1S/C12H15ClFN/c1-3-15-9(2)7-8-10-11(13)5-4-6-12(10)14/h4-9,15H,3H2,1-2H3/b8-7+. The highest BCUT2D eigenvalue weighted by Gasteiger charge is 2.03.